The van der Waals surface area contributed by atoms with Gasteiger partial charge in [0.25, 0.3) is 0 Å². The minimum Gasteiger partial charge on any atom is -0.391 e. The standard InChI is InChI=1S/C28H48O21/c29-9-1-12(32)26(43-4-9)44-5-14-10(30)2-13(33)27(47-14)45-8-15-19(34)11(31)3-18(46-15)41-6-16-20(35)22(37)24(39)28(48-16)49-17-7-42-25(40)23(38)21(17)36/h9-40H,1-8H2/t9-,10-,11+,12+,13+,14+,15+,16+,17+,18-,19-,20+,21-,22-,23+,24+,25-,26+,27-,28+/m0/s1. The van der Waals surface area contributed by atoms with Gasteiger partial charge in [-0.25, -0.2) is 0 Å². The number of hydrogen-bond acceptors (Lipinski definition) is 21. The van der Waals surface area contributed by atoms with E-state index >= 15 is 0 Å². The molecule has 0 saturated carbocycles. The first-order valence-electron chi connectivity index (χ1n) is 16.1. The van der Waals surface area contributed by atoms with E-state index < -0.39 is 143 Å². The summed E-state index contributed by atoms with van der Waals surface area (Å²) >= 11 is 0. The Morgan fingerprint density at radius 3 is 1.82 bits per heavy atom. The van der Waals surface area contributed by atoms with E-state index in [1.807, 2.05) is 0 Å². The van der Waals surface area contributed by atoms with Gasteiger partial charge in [0, 0.05) is 19.3 Å². The van der Waals surface area contributed by atoms with Crippen LogP contribution in [0.1, 0.15) is 19.3 Å². The lowest BCUT2D eigenvalue weighted by Crippen LogP contribution is -2.62. The molecule has 0 spiro atoms. The van der Waals surface area contributed by atoms with Crippen molar-refractivity contribution in [2.75, 3.05) is 33.0 Å². The number of ether oxygens (including phenoxy) is 9. The van der Waals surface area contributed by atoms with Gasteiger partial charge < -0.3 is 104 Å². The molecule has 5 saturated heterocycles. The molecule has 0 unspecified atom stereocenters. The summed E-state index contributed by atoms with van der Waals surface area (Å²) < 4.78 is 49.4. The zero-order valence-corrected chi connectivity index (χ0v) is 26.2. The predicted octanol–water partition coefficient (Wildman–Crippen LogP) is -7.56. The van der Waals surface area contributed by atoms with E-state index in [4.69, 9.17) is 42.6 Å². The number of rotatable bonds is 11. The Hall–Kier alpha value is -0.840. The van der Waals surface area contributed by atoms with Crippen molar-refractivity contribution in [3.05, 3.63) is 0 Å². The SMILES string of the molecule is O[C@@H]1CO[C@H](OC[C@H]2O[C@H](OC[C@H]3O[C@H](OC[C@H]4O[C@H](O[C@@H]5CO[C@H](O)[C@H](O)[C@H]5O)[C@H](O)[C@@H](O)[C@@H]4O)C[C@@H](O)[C@@H]3O)[C@H](O)C[C@@H]2O)[C@H](O)C1. The van der Waals surface area contributed by atoms with Gasteiger partial charge in [-0.1, -0.05) is 0 Å². The van der Waals surface area contributed by atoms with Gasteiger partial charge in [-0.2, -0.15) is 0 Å². The Labute approximate surface area is 279 Å². The van der Waals surface area contributed by atoms with Crippen molar-refractivity contribution in [3.63, 3.8) is 0 Å². The van der Waals surface area contributed by atoms with E-state index in [0.29, 0.717) is 0 Å². The summed E-state index contributed by atoms with van der Waals surface area (Å²) in [7, 11) is 0. The minimum atomic E-state index is -1.80. The van der Waals surface area contributed by atoms with Crippen LogP contribution in [0.15, 0.2) is 0 Å². The molecule has 49 heavy (non-hydrogen) atoms. The van der Waals surface area contributed by atoms with Crippen LogP contribution in [0, 0.1) is 0 Å². The van der Waals surface area contributed by atoms with Crippen molar-refractivity contribution in [2.45, 2.75) is 142 Å². The molecule has 20 atom stereocenters. The molecule has 0 amide bonds. The van der Waals surface area contributed by atoms with Crippen LogP contribution in [0.2, 0.25) is 0 Å². The van der Waals surface area contributed by atoms with E-state index in [9.17, 15) is 61.3 Å². The molecule has 5 aliphatic rings. The average Bonchev–Trinajstić information content (AvgIpc) is 3.06. The van der Waals surface area contributed by atoms with Gasteiger partial charge in [0.2, 0.25) is 0 Å². The van der Waals surface area contributed by atoms with Crippen LogP contribution in [-0.4, -0.2) is 217 Å². The van der Waals surface area contributed by atoms with E-state index in [2.05, 4.69) is 0 Å². The smallest absolute Gasteiger partial charge is 0.187 e. The van der Waals surface area contributed by atoms with Crippen LogP contribution in [-0.2, 0) is 42.6 Å². The zero-order valence-electron chi connectivity index (χ0n) is 26.2. The van der Waals surface area contributed by atoms with Crippen LogP contribution in [0.4, 0.5) is 0 Å². The first-order chi connectivity index (χ1) is 23.2. The van der Waals surface area contributed by atoms with Crippen LogP contribution in [0.25, 0.3) is 0 Å². The molecule has 5 heterocycles. The molecule has 0 aromatic heterocycles. The highest BCUT2D eigenvalue weighted by Crippen LogP contribution is 2.29. The molecule has 0 radical (unpaired) electrons. The Kier molecular flexibility index (Phi) is 13.9. The second-order valence-corrected chi connectivity index (χ2v) is 12.9. The van der Waals surface area contributed by atoms with Gasteiger partial charge in [0.1, 0.15) is 73.2 Å². The van der Waals surface area contributed by atoms with Gasteiger partial charge in [-0.05, 0) is 0 Å². The lowest BCUT2D eigenvalue weighted by molar-refractivity contribution is -0.347. The second kappa shape index (κ2) is 17.3. The maximum atomic E-state index is 10.6. The maximum Gasteiger partial charge on any atom is 0.187 e. The van der Waals surface area contributed by atoms with E-state index in [0.717, 1.165) is 0 Å². The van der Waals surface area contributed by atoms with Crippen molar-refractivity contribution in [1.29, 1.82) is 0 Å². The van der Waals surface area contributed by atoms with Crippen LogP contribution >= 0.6 is 0 Å². The Morgan fingerprint density at radius 2 is 1.08 bits per heavy atom. The van der Waals surface area contributed by atoms with Crippen LogP contribution < -0.4 is 0 Å². The highest BCUT2D eigenvalue weighted by molar-refractivity contribution is 4.92. The highest BCUT2D eigenvalue weighted by atomic mass is 16.8. The van der Waals surface area contributed by atoms with Gasteiger partial charge in [-0.15, -0.1) is 0 Å². The van der Waals surface area contributed by atoms with E-state index in [1.54, 1.807) is 0 Å². The Morgan fingerprint density at radius 1 is 0.449 bits per heavy atom. The van der Waals surface area contributed by atoms with E-state index in [1.165, 1.54) is 0 Å². The molecular weight excluding hydrogens is 672 g/mol. The first-order valence-corrected chi connectivity index (χ1v) is 16.1. The van der Waals surface area contributed by atoms with Crippen molar-refractivity contribution in [2.24, 2.45) is 0 Å². The molecule has 21 nitrogen and oxygen atoms in total. The number of aliphatic hydroxyl groups excluding tert-OH is 12. The molecule has 0 aliphatic carbocycles. The number of hydrogen-bond donors (Lipinski definition) is 12. The summed E-state index contributed by atoms with van der Waals surface area (Å²) in [5.74, 6) is 0. The lowest BCUT2D eigenvalue weighted by atomic mass is 9.98. The summed E-state index contributed by atoms with van der Waals surface area (Å²) in [5.41, 5.74) is 0. The fraction of sp³-hybridized carbons (Fsp3) is 1.00. The third-order valence-electron chi connectivity index (χ3n) is 9.08. The molecule has 5 fully saturated rings. The third-order valence-corrected chi connectivity index (χ3v) is 9.08. The fourth-order valence-corrected chi connectivity index (χ4v) is 6.08. The quantitative estimate of drug-likeness (QED) is 0.0943. The summed E-state index contributed by atoms with van der Waals surface area (Å²) in [5, 5.41) is 122. The summed E-state index contributed by atoms with van der Waals surface area (Å²) in [6.45, 7) is -1.61. The first kappa shape index (κ1) is 39.4. The van der Waals surface area contributed by atoms with Crippen LogP contribution in [0.3, 0.4) is 0 Å². The molecular formula is C28H48O21. The summed E-state index contributed by atoms with van der Waals surface area (Å²) in [4.78, 5) is 0. The van der Waals surface area contributed by atoms with Gasteiger partial charge in [0.15, 0.2) is 31.5 Å². The molecule has 0 aromatic carbocycles. The molecule has 21 heteroatoms. The van der Waals surface area contributed by atoms with Crippen LogP contribution in [0.5, 0.6) is 0 Å². The molecule has 0 bridgehead atoms. The summed E-state index contributed by atoms with van der Waals surface area (Å²) in [6.07, 6.45) is -28.0. The Balaban J connectivity index is 1.11. The predicted molar refractivity (Wildman–Crippen MR) is 150 cm³/mol. The van der Waals surface area contributed by atoms with Gasteiger partial charge >= 0.3 is 0 Å². The zero-order chi connectivity index (χ0) is 35.6. The monoisotopic (exact) mass is 720 g/mol. The Bertz CT molecular complexity index is 1010. The second-order valence-electron chi connectivity index (χ2n) is 12.9. The summed E-state index contributed by atoms with van der Waals surface area (Å²) in [6, 6.07) is 0. The number of aliphatic hydroxyl groups is 12. The third kappa shape index (κ3) is 9.59. The molecule has 0 aromatic rings. The molecule has 12 N–H and O–H groups in total. The fourth-order valence-electron chi connectivity index (χ4n) is 6.08. The van der Waals surface area contributed by atoms with Crippen molar-refractivity contribution in [3.8, 4) is 0 Å². The lowest BCUT2D eigenvalue weighted by Gasteiger charge is -2.44. The van der Waals surface area contributed by atoms with Crippen molar-refractivity contribution < 1.29 is 104 Å². The van der Waals surface area contributed by atoms with Crippen molar-refractivity contribution in [1.82, 2.24) is 0 Å². The molecule has 5 rings (SSSR count). The van der Waals surface area contributed by atoms with Gasteiger partial charge in [-0.3, -0.25) is 0 Å². The molecule has 5 aliphatic heterocycles. The highest BCUT2D eigenvalue weighted by Gasteiger charge is 2.49. The van der Waals surface area contributed by atoms with Crippen molar-refractivity contribution >= 4 is 0 Å². The normalized spacial score (nSPS) is 51.4. The minimum absolute atomic E-state index is 0.0389. The molecule has 286 valence electrons. The average molecular weight is 721 g/mol. The van der Waals surface area contributed by atoms with Gasteiger partial charge in [0.05, 0.1) is 51.3 Å². The van der Waals surface area contributed by atoms with E-state index in [-0.39, 0.29) is 32.5 Å². The largest absolute Gasteiger partial charge is 0.391 e. The topological polar surface area (TPSA) is 326 Å². The maximum absolute atomic E-state index is 10.6.